The van der Waals surface area contributed by atoms with E-state index in [9.17, 15) is 5.11 Å². The van der Waals surface area contributed by atoms with Crippen molar-refractivity contribution in [1.82, 2.24) is 24.1 Å². The number of hydrogen-bond donors (Lipinski definition) is 1. The van der Waals surface area contributed by atoms with E-state index in [4.69, 9.17) is 0 Å². The van der Waals surface area contributed by atoms with Gasteiger partial charge in [-0.1, -0.05) is 6.92 Å². The second kappa shape index (κ2) is 6.48. The Hall–Kier alpha value is -2.41. The van der Waals surface area contributed by atoms with Gasteiger partial charge in [-0.25, -0.2) is 9.97 Å². The van der Waals surface area contributed by atoms with Crippen molar-refractivity contribution in [2.45, 2.75) is 32.3 Å². The maximum absolute atomic E-state index is 10.7. The molecule has 4 rings (SSSR count). The second-order valence-electron chi connectivity index (χ2n) is 6.73. The quantitative estimate of drug-likeness (QED) is 0.786. The van der Waals surface area contributed by atoms with Crippen molar-refractivity contribution in [2.75, 3.05) is 18.0 Å². The van der Waals surface area contributed by atoms with Crippen molar-refractivity contribution in [3.05, 3.63) is 42.2 Å². The number of aryl methyl sites for hydroxylation is 2. The van der Waals surface area contributed by atoms with E-state index in [1.165, 1.54) is 0 Å². The summed E-state index contributed by atoms with van der Waals surface area (Å²) in [5.41, 5.74) is 1.97. The highest BCUT2D eigenvalue weighted by Crippen LogP contribution is 2.31. The Morgan fingerprint density at radius 2 is 2.08 bits per heavy atom. The zero-order valence-electron chi connectivity index (χ0n) is 14.7. The first-order valence-electron chi connectivity index (χ1n) is 8.91. The summed E-state index contributed by atoms with van der Waals surface area (Å²) in [4.78, 5) is 11.3. The van der Waals surface area contributed by atoms with Crippen molar-refractivity contribution in [3.63, 3.8) is 0 Å². The fourth-order valence-electron chi connectivity index (χ4n) is 3.67. The molecule has 0 bridgehead atoms. The lowest BCUT2D eigenvalue weighted by molar-refractivity contribution is 0.0823. The Morgan fingerprint density at radius 3 is 2.76 bits per heavy atom. The van der Waals surface area contributed by atoms with Gasteiger partial charge in [-0.3, -0.25) is 0 Å². The minimum Gasteiger partial charge on any atom is -0.385 e. The molecule has 1 N–H and O–H groups in total. The molecule has 3 aromatic rings. The lowest BCUT2D eigenvalue weighted by atomic mass is 9.90. The number of aliphatic hydroxyl groups is 1. The SMILES string of the molecule is CCc1cc(N2CCC([C@@H](O)c3nccn3C)CC2)n2nccc2n1. The average Bonchev–Trinajstić information content (AvgIpc) is 3.29. The minimum atomic E-state index is -0.504. The highest BCUT2D eigenvalue weighted by molar-refractivity contribution is 5.51. The highest BCUT2D eigenvalue weighted by atomic mass is 16.3. The van der Waals surface area contributed by atoms with Crippen molar-refractivity contribution < 1.29 is 5.11 Å². The topological polar surface area (TPSA) is 71.5 Å². The van der Waals surface area contributed by atoms with Crippen LogP contribution in [-0.4, -0.2) is 42.3 Å². The molecule has 0 amide bonds. The predicted octanol–water partition coefficient (Wildman–Crippen LogP) is 1.98. The molecule has 0 radical (unpaired) electrons. The van der Waals surface area contributed by atoms with Gasteiger partial charge < -0.3 is 14.6 Å². The number of piperidine rings is 1. The number of aliphatic hydroxyl groups excluding tert-OH is 1. The van der Waals surface area contributed by atoms with Crippen LogP contribution in [0, 0.1) is 5.92 Å². The van der Waals surface area contributed by atoms with Crippen molar-refractivity contribution >= 4 is 11.5 Å². The van der Waals surface area contributed by atoms with Gasteiger partial charge in [0.25, 0.3) is 0 Å². The van der Waals surface area contributed by atoms with Crippen LogP contribution in [-0.2, 0) is 13.5 Å². The third kappa shape index (κ3) is 2.89. The molecule has 132 valence electrons. The molecule has 25 heavy (non-hydrogen) atoms. The van der Waals surface area contributed by atoms with E-state index < -0.39 is 6.10 Å². The molecule has 1 atom stereocenters. The van der Waals surface area contributed by atoms with E-state index in [0.29, 0.717) is 0 Å². The third-order valence-electron chi connectivity index (χ3n) is 5.19. The molecular weight excluding hydrogens is 316 g/mol. The summed E-state index contributed by atoms with van der Waals surface area (Å²) in [6, 6.07) is 4.08. The van der Waals surface area contributed by atoms with Crippen LogP contribution in [0.4, 0.5) is 5.82 Å². The van der Waals surface area contributed by atoms with E-state index in [1.807, 2.05) is 28.4 Å². The Labute approximate surface area is 146 Å². The van der Waals surface area contributed by atoms with Crippen LogP contribution < -0.4 is 4.90 Å². The van der Waals surface area contributed by atoms with Crippen molar-refractivity contribution in [2.24, 2.45) is 13.0 Å². The van der Waals surface area contributed by atoms with Crippen LogP contribution in [0.3, 0.4) is 0 Å². The number of aromatic nitrogens is 5. The first-order chi connectivity index (χ1) is 12.2. The van der Waals surface area contributed by atoms with Crippen LogP contribution in [0.2, 0.25) is 0 Å². The van der Waals surface area contributed by atoms with Gasteiger partial charge in [-0.15, -0.1) is 0 Å². The molecule has 0 aliphatic carbocycles. The summed E-state index contributed by atoms with van der Waals surface area (Å²) in [7, 11) is 1.93. The fourth-order valence-corrected chi connectivity index (χ4v) is 3.67. The van der Waals surface area contributed by atoms with Gasteiger partial charge in [0.2, 0.25) is 0 Å². The molecule has 3 aromatic heterocycles. The first-order valence-corrected chi connectivity index (χ1v) is 8.91. The van der Waals surface area contributed by atoms with Gasteiger partial charge >= 0.3 is 0 Å². The molecule has 1 aliphatic heterocycles. The predicted molar refractivity (Wildman–Crippen MR) is 95.5 cm³/mol. The summed E-state index contributed by atoms with van der Waals surface area (Å²) in [5.74, 6) is 2.08. The van der Waals surface area contributed by atoms with Crippen LogP contribution in [0.15, 0.2) is 30.7 Å². The van der Waals surface area contributed by atoms with Gasteiger partial charge in [0.1, 0.15) is 17.7 Å². The summed E-state index contributed by atoms with van der Waals surface area (Å²) < 4.78 is 3.81. The van der Waals surface area contributed by atoms with Gasteiger partial charge in [0.05, 0.1) is 6.20 Å². The number of imidazole rings is 1. The van der Waals surface area contributed by atoms with Crippen molar-refractivity contribution in [3.8, 4) is 0 Å². The Morgan fingerprint density at radius 1 is 1.28 bits per heavy atom. The molecule has 1 saturated heterocycles. The number of rotatable bonds is 4. The molecule has 0 unspecified atom stereocenters. The monoisotopic (exact) mass is 340 g/mol. The zero-order valence-corrected chi connectivity index (χ0v) is 14.7. The molecule has 1 fully saturated rings. The van der Waals surface area contributed by atoms with Crippen LogP contribution in [0.25, 0.3) is 5.65 Å². The summed E-state index contributed by atoms with van der Waals surface area (Å²) in [6.07, 6.45) is 7.68. The van der Waals surface area contributed by atoms with E-state index >= 15 is 0 Å². The fraction of sp³-hybridized carbons (Fsp3) is 0.500. The van der Waals surface area contributed by atoms with E-state index in [0.717, 1.165) is 55.3 Å². The maximum Gasteiger partial charge on any atom is 0.157 e. The molecule has 1 aliphatic rings. The molecule has 0 aromatic carbocycles. The lowest BCUT2D eigenvalue weighted by Crippen LogP contribution is -2.37. The van der Waals surface area contributed by atoms with Crippen LogP contribution >= 0.6 is 0 Å². The normalized spacial score (nSPS) is 17.3. The molecule has 0 saturated carbocycles. The molecule has 4 heterocycles. The number of nitrogens with zero attached hydrogens (tertiary/aromatic N) is 6. The largest absolute Gasteiger partial charge is 0.385 e. The standard InChI is InChI=1S/C18H24N6O/c1-3-14-12-16(24-15(21-14)4-7-20-24)23-9-5-13(6-10-23)17(25)18-19-8-11-22(18)2/h4,7-8,11-13,17,25H,3,5-6,9-10H2,1-2H3/t17-/m1/s1. The second-order valence-corrected chi connectivity index (χ2v) is 6.73. The van der Waals surface area contributed by atoms with Gasteiger partial charge in [-0.05, 0) is 25.2 Å². The molecule has 7 nitrogen and oxygen atoms in total. The van der Waals surface area contributed by atoms with Crippen LogP contribution in [0.1, 0.15) is 37.4 Å². The Balaban J connectivity index is 1.52. The van der Waals surface area contributed by atoms with E-state index in [2.05, 4.69) is 33.0 Å². The molecule has 7 heteroatoms. The number of hydrogen-bond acceptors (Lipinski definition) is 5. The Bertz CT molecular complexity index is 861. The third-order valence-corrected chi connectivity index (χ3v) is 5.19. The number of anilines is 1. The van der Waals surface area contributed by atoms with Crippen molar-refractivity contribution in [1.29, 1.82) is 0 Å². The first kappa shape index (κ1) is 16.1. The summed E-state index contributed by atoms with van der Waals surface area (Å²) in [5, 5.41) is 15.1. The Kier molecular flexibility index (Phi) is 4.17. The maximum atomic E-state index is 10.7. The van der Waals surface area contributed by atoms with Gasteiger partial charge in [0.15, 0.2) is 5.65 Å². The lowest BCUT2D eigenvalue weighted by Gasteiger charge is -2.35. The van der Waals surface area contributed by atoms with E-state index in [-0.39, 0.29) is 5.92 Å². The molecular formula is C18H24N6O. The van der Waals surface area contributed by atoms with E-state index in [1.54, 1.807) is 12.4 Å². The molecule has 0 spiro atoms. The highest BCUT2D eigenvalue weighted by Gasteiger charge is 2.29. The smallest absolute Gasteiger partial charge is 0.157 e. The van der Waals surface area contributed by atoms with Gasteiger partial charge in [0, 0.05) is 50.4 Å². The summed E-state index contributed by atoms with van der Waals surface area (Å²) >= 11 is 0. The minimum absolute atomic E-state index is 0.234. The number of fused-ring (bicyclic) bond motifs is 1. The summed E-state index contributed by atoms with van der Waals surface area (Å²) in [6.45, 7) is 3.91. The zero-order chi connectivity index (χ0) is 17.4. The van der Waals surface area contributed by atoms with Crippen LogP contribution in [0.5, 0.6) is 0 Å². The van der Waals surface area contributed by atoms with Gasteiger partial charge in [-0.2, -0.15) is 9.61 Å². The average molecular weight is 340 g/mol.